The second-order valence-corrected chi connectivity index (χ2v) is 6.10. The second-order valence-electron chi connectivity index (χ2n) is 6.10. The molecule has 1 heterocycles. The highest BCUT2D eigenvalue weighted by molar-refractivity contribution is 4.92. The SMILES string of the molecule is COCC(CCO)NCC1CCC2(CCCCC2)O1. The minimum atomic E-state index is 0.205. The Hall–Kier alpha value is -0.160. The molecule has 1 saturated carbocycles. The maximum Gasteiger partial charge on any atom is 0.0708 e. The van der Waals surface area contributed by atoms with Gasteiger partial charge in [0.2, 0.25) is 0 Å². The number of aliphatic hydroxyl groups is 1. The summed E-state index contributed by atoms with van der Waals surface area (Å²) in [6, 6.07) is 0.238. The van der Waals surface area contributed by atoms with Crippen LogP contribution in [0.1, 0.15) is 51.4 Å². The van der Waals surface area contributed by atoms with Crippen LogP contribution in [-0.4, -0.2) is 49.7 Å². The first-order chi connectivity index (χ1) is 9.28. The van der Waals surface area contributed by atoms with Crippen LogP contribution in [0, 0.1) is 0 Å². The van der Waals surface area contributed by atoms with E-state index in [1.165, 1.54) is 44.9 Å². The monoisotopic (exact) mass is 271 g/mol. The van der Waals surface area contributed by atoms with Crippen LogP contribution in [0.2, 0.25) is 0 Å². The van der Waals surface area contributed by atoms with Gasteiger partial charge in [0.1, 0.15) is 0 Å². The van der Waals surface area contributed by atoms with Gasteiger partial charge >= 0.3 is 0 Å². The van der Waals surface area contributed by atoms with Crippen molar-refractivity contribution in [3.63, 3.8) is 0 Å². The fraction of sp³-hybridized carbons (Fsp3) is 1.00. The summed E-state index contributed by atoms with van der Waals surface area (Å²) in [5.74, 6) is 0. The summed E-state index contributed by atoms with van der Waals surface area (Å²) in [5, 5.41) is 12.5. The first-order valence-electron chi connectivity index (χ1n) is 7.79. The third-order valence-corrected chi connectivity index (χ3v) is 4.58. The molecule has 2 aliphatic rings. The molecule has 0 bridgehead atoms. The molecular weight excluding hydrogens is 242 g/mol. The van der Waals surface area contributed by atoms with Crippen LogP contribution >= 0.6 is 0 Å². The van der Waals surface area contributed by atoms with E-state index in [9.17, 15) is 0 Å². The van der Waals surface area contributed by atoms with Crippen LogP contribution in [0.25, 0.3) is 0 Å². The number of hydrogen-bond acceptors (Lipinski definition) is 4. The lowest BCUT2D eigenvalue weighted by atomic mass is 9.83. The summed E-state index contributed by atoms with van der Waals surface area (Å²) in [6.07, 6.45) is 10.0. The van der Waals surface area contributed by atoms with Crippen molar-refractivity contribution in [2.75, 3.05) is 26.9 Å². The average Bonchev–Trinajstić information content (AvgIpc) is 2.80. The van der Waals surface area contributed by atoms with E-state index in [4.69, 9.17) is 14.6 Å². The summed E-state index contributed by atoms with van der Waals surface area (Å²) in [5.41, 5.74) is 0.207. The number of aliphatic hydroxyl groups excluding tert-OH is 1. The van der Waals surface area contributed by atoms with Crippen LogP contribution in [0.15, 0.2) is 0 Å². The molecule has 2 rings (SSSR count). The smallest absolute Gasteiger partial charge is 0.0708 e. The molecular formula is C15H29NO3. The number of nitrogens with one attached hydrogen (secondary N) is 1. The Balaban J connectivity index is 1.71. The van der Waals surface area contributed by atoms with Crippen LogP contribution < -0.4 is 5.32 Å². The highest BCUT2D eigenvalue weighted by Crippen LogP contribution is 2.41. The normalized spacial score (nSPS) is 27.8. The Bertz CT molecular complexity index is 248. The lowest BCUT2D eigenvalue weighted by molar-refractivity contribution is -0.0635. The van der Waals surface area contributed by atoms with Gasteiger partial charge < -0.3 is 19.9 Å². The molecule has 2 unspecified atom stereocenters. The van der Waals surface area contributed by atoms with Crippen molar-refractivity contribution in [2.24, 2.45) is 0 Å². The zero-order chi connectivity index (χ0) is 13.6. The Kier molecular flexibility index (Phi) is 6.07. The maximum absolute atomic E-state index is 9.03. The van der Waals surface area contributed by atoms with Crippen LogP contribution in [0.3, 0.4) is 0 Å². The Morgan fingerprint density at radius 3 is 2.79 bits per heavy atom. The molecule has 0 amide bonds. The Labute approximate surface area is 116 Å². The standard InChI is InChI=1S/C15H29NO3/c1-18-12-13(6-10-17)16-11-14-5-9-15(19-14)7-3-2-4-8-15/h13-14,16-17H,2-12H2,1H3. The summed E-state index contributed by atoms with van der Waals surface area (Å²) in [6.45, 7) is 1.74. The predicted molar refractivity (Wildman–Crippen MR) is 75.3 cm³/mol. The third-order valence-electron chi connectivity index (χ3n) is 4.58. The summed E-state index contributed by atoms with van der Waals surface area (Å²) in [7, 11) is 1.70. The summed E-state index contributed by atoms with van der Waals surface area (Å²) in [4.78, 5) is 0. The molecule has 19 heavy (non-hydrogen) atoms. The third kappa shape index (κ3) is 4.42. The number of ether oxygens (including phenoxy) is 2. The van der Waals surface area contributed by atoms with Gasteiger partial charge in [0.15, 0.2) is 0 Å². The van der Waals surface area contributed by atoms with Gasteiger partial charge in [-0.05, 0) is 32.1 Å². The van der Waals surface area contributed by atoms with Crippen molar-refractivity contribution in [3.05, 3.63) is 0 Å². The first kappa shape index (κ1) is 15.2. The molecule has 0 radical (unpaired) electrons. The van der Waals surface area contributed by atoms with E-state index >= 15 is 0 Å². The van der Waals surface area contributed by atoms with Crippen molar-refractivity contribution < 1.29 is 14.6 Å². The second kappa shape index (κ2) is 7.58. The van der Waals surface area contributed by atoms with E-state index in [2.05, 4.69) is 5.32 Å². The molecule has 1 saturated heterocycles. The molecule has 4 nitrogen and oxygen atoms in total. The molecule has 2 N–H and O–H groups in total. The zero-order valence-corrected chi connectivity index (χ0v) is 12.2. The molecule has 1 aliphatic carbocycles. The number of hydrogen-bond donors (Lipinski definition) is 2. The minimum absolute atomic E-state index is 0.205. The Morgan fingerprint density at radius 2 is 2.11 bits per heavy atom. The fourth-order valence-electron chi connectivity index (χ4n) is 3.50. The number of methoxy groups -OCH3 is 1. The molecule has 2 atom stereocenters. The van der Waals surface area contributed by atoms with Gasteiger partial charge in [0, 0.05) is 26.3 Å². The van der Waals surface area contributed by atoms with Gasteiger partial charge in [-0.1, -0.05) is 19.3 Å². The van der Waals surface area contributed by atoms with E-state index in [-0.39, 0.29) is 18.2 Å². The van der Waals surface area contributed by atoms with E-state index < -0.39 is 0 Å². The van der Waals surface area contributed by atoms with Crippen LogP contribution in [0.4, 0.5) is 0 Å². The number of rotatable bonds is 7. The maximum atomic E-state index is 9.03. The molecule has 112 valence electrons. The zero-order valence-electron chi connectivity index (χ0n) is 12.2. The molecule has 0 aromatic heterocycles. The summed E-state index contributed by atoms with van der Waals surface area (Å²) >= 11 is 0. The average molecular weight is 271 g/mol. The molecule has 2 fully saturated rings. The van der Waals surface area contributed by atoms with E-state index in [1.807, 2.05) is 0 Å². The Morgan fingerprint density at radius 1 is 1.32 bits per heavy atom. The van der Waals surface area contributed by atoms with Crippen LogP contribution in [0.5, 0.6) is 0 Å². The lowest BCUT2D eigenvalue weighted by Crippen LogP contribution is -2.40. The van der Waals surface area contributed by atoms with Gasteiger partial charge in [-0.3, -0.25) is 0 Å². The van der Waals surface area contributed by atoms with Gasteiger partial charge in [-0.2, -0.15) is 0 Å². The van der Waals surface area contributed by atoms with E-state index in [0.717, 1.165) is 13.0 Å². The quantitative estimate of drug-likeness (QED) is 0.742. The predicted octanol–water partition coefficient (Wildman–Crippen LogP) is 1.86. The van der Waals surface area contributed by atoms with Gasteiger partial charge in [0.25, 0.3) is 0 Å². The van der Waals surface area contributed by atoms with E-state index in [0.29, 0.717) is 12.7 Å². The van der Waals surface area contributed by atoms with Crippen molar-refractivity contribution >= 4 is 0 Å². The van der Waals surface area contributed by atoms with Gasteiger partial charge in [-0.25, -0.2) is 0 Å². The van der Waals surface area contributed by atoms with Gasteiger partial charge in [0.05, 0.1) is 18.3 Å². The fourth-order valence-corrected chi connectivity index (χ4v) is 3.50. The van der Waals surface area contributed by atoms with Crippen molar-refractivity contribution in [2.45, 2.75) is 69.1 Å². The topological polar surface area (TPSA) is 50.7 Å². The molecule has 1 spiro atoms. The van der Waals surface area contributed by atoms with Gasteiger partial charge in [-0.15, -0.1) is 0 Å². The van der Waals surface area contributed by atoms with Crippen molar-refractivity contribution in [3.8, 4) is 0 Å². The van der Waals surface area contributed by atoms with Crippen molar-refractivity contribution in [1.29, 1.82) is 0 Å². The van der Waals surface area contributed by atoms with Crippen LogP contribution in [-0.2, 0) is 9.47 Å². The lowest BCUT2D eigenvalue weighted by Gasteiger charge is -2.33. The molecule has 4 heteroatoms. The largest absolute Gasteiger partial charge is 0.396 e. The first-order valence-corrected chi connectivity index (χ1v) is 7.79. The minimum Gasteiger partial charge on any atom is -0.396 e. The highest BCUT2D eigenvalue weighted by Gasteiger charge is 2.40. The molecule has 0 aromatic rings. The molecule has 1 aliphatic heterocycles. The summed E-state index contributed by atoms with van der Waals surface area (Å²) < 4.78 is 11.5. The highest BCUT2D eigenvalue weighted by atomic mass is 16.5. The van der Waals surface area contributed by atoms with E-state index in [1.54, 1.807) is 7.11 Å². The molecule has 0 aromatic carbocycles. The van der Waals surface area contributed by atoms with Crippen molar-refractivity contribution in [1.82, 2.24) is 5.32 Å².